The maximum atomic E-state index is 12.0. The van der Waals surface area contributed by atoms with E-state index in [1.807, 2.05) is 18.2 Å². The van der Waals surface area contributed by atoms with Crippen molar-refractivity contribution in [3.8, 4) is 17.6 Å². The topological polar surface area (TPSA) is 90.5 Å². The summed E-state index contributed by atoms with van der Waals surface area (Å²) in [4.78, 5) is 12.0. The van der Waals surface area contributed by atoms with Crippen molar-refractivity contribution in [1.29, 1.82) is 5.26 Å². The molecule has 134 valence electrons. The first-order chi connectivity index (χ1) is 12.6. The third kappa shape index (κ3) is 5.99. The molecule has 0 atom stereocenters. The van der Waals surface area contributed by atoms with Crippen LogP contribution in [0.5, 0.6) is 11.5 Å². The van der Waals surface area contributed by atoms with Crippen LogP contribution in [0.25, 0.3) is 6.08 Å². The van der Waals surface area contributed by atoms with Gasteiger partial charge in [0.1, 0.15) is 11.6 Å². The van der Waals surface area contributed by atoms with Crippen LogP contribution in [0.15, 0.2) is 54.1 Å². The Morgan fingerprint density at radius 2 is 1.81 bits per heavy atom. The quantitative estimate of drug-likeness (QED) is 0.247. The van der Waals surface area contributed by atoms with Crippen molar-refractivity contribution in [3.63, 3.8) is 0 Å². The predicted molar refractivity (Wildman–Crippen MR) is 98.3 cm³/mol. The van der Waals surface area contributed by atoms with Gasteiger partial charge >= 0.3 is 5.97 Å². The van der Waals surface area contributed by atoms with Crippen LogP contribution in [-0.2, 0) is 16.0 Å². The van der Waals surface area contributed by atoms with Gasteiger partial charge in [-0.15, -0.1) is 0 Å². The average molecular weight is 351 g/mol. The average Bonchev–Trinajstić information content (AvgIpc) is 2.66. The van der Waals surface area contributed by atoms with Gasteiger partial charge < -0.3 is 14.9 Å². The Balaban J connectivity index is 1.75. The molecule has 5 heteroatoms. The fraction of sp³-hybridized carbons (Fsp3) is 0.238. The lowest BCUT2D eigenvalue weighted by atomic mass is 10.1. The number of carbonyl (C=O) groups excluding carboxylic acids is 1. The molecule has 0 fully saturated rings. The molecule has 0 saturated heterocycles. The smallest absolute Gasteiger partial charge is 0.348 e. The van der Waals surface area contributed by atoms with E-state index in [1.54, 1.807) is 6.07 Å². The molecule has 0 aliphatic heterocycles. The Bertz CT molecular complexity index is 807. The van der Waals surface area contributed by atoms with Crippen LogP contribution < -0.4 is 0 Å². The standard InChI is InChI=1S/C21H21NO4/c22-15-18(13-17-10-11-19(23)20(24)14-17)21(25)26-12-6-2-5-9-16-7-3-1-4-8-16/h1,3-4,7-8,10-11,13-14,23-24H,2,5-6,9,12H2. The molecule has 2 aromatic rings. The van der Waals surface area contributed by atoms with E-state index in [4.69, 9.17) is 10.00 Å². The fourth-order valence-electron chi connectivity index (χ4n) is 2.43. The minimum Gasteiger partial charge on any atom is -0.504 e. The van der Waals surface area contributed by atoms with Gasteiger partial charge in [-0.1, -0.05) is 36.4 Å². The summed E-state index contributed by atoms with van der Waals surface area (Å²) in [7, 11) is 0. The molecular weight excluding hydrogens is 330 g/mol. The molecular formula is C21H21NO4. The number of carbonyl (C=O) groups is 1. The predicted octanol–water partition coefficient (Wildman–Crippen LogP) is 3.96. The number of ether oxygens (including phenoxy) is 1. The molecule has 26 heavy (non-hydrogen) atoms. The normalized spacial score (nSPS) is 11.0. The fourth-order valence-corrected chi connectivity index (χ4v) is 2.43. The molecule has 0 spiro atoms. The van der Waals surface area contributed by atoms with Crippen molar-refractivity contribution in [2.45, 2.75) is 25.7 Å². The van der Waals surface area contributed by atoms with Crippen LogP contribution in [0.2, 0.25) is 0 Å². The lowest BCUT2D eigenvalue weighted by Crippen LogP contribution is -2.08. The summed E-state index contributed by atoms with van der Waals surface area (Å²) < 4.78 is 5.13. The SMILES string of the molecule is N#CC(=Cc1ccc(O)c(O)c1)C(=O)OCCCCCc1ccccc1. The van der Waals surface area contributed by atoms with E-state index in [9.17, 15) is 15.0 Å². The monoisotopic (exact) mass is 351 g/mol. The second kappa shape index (κ2) is 9.90. The van der Waals surface area contributed by atoms with Crippen LogP contribution in [0.3, 0.4) is 0 Å². The van der Waals surface area contributed by atoms with Gasteiger partial charge in [-0.2, -0.15) is 5.26 Å². The third-order valence-corrected chi connectivity index (χ3v) is 3.84. The molecule has 0 aliphatic rings. The highest BCUT2D eigenvalue weighted by Crippen LogP contribution is 2.26. The number of rotatable bonds is 8. The summed E-state index contributed by atoms with van der Waals surface area (Å²) in [6, 6.07) is 16.0. The maximum Gasteiger partial charge on any atom is 0.348 e. The molecule has 0 aromatic heterocycles. The number of esters is 1. The zero-order chi connectivity index (χ0) is 18.8. The Labute approximate surface area is 152 Å². The summed E-state index contributed by atoms with van der Waals surface area (Å²) in [6.45, 7) is 0.257. The van der Waals surface area contributed by atoms with Crippen molar-refractivity contribution >= 4 is 12.0 Å². The lowest BCUT2D eigenvalue weighted by molar-refractivity contribution is -0.138. The molecule has 0 heterocycles. The first-order valence-electron chi connectivity index (χ1n) is 8.45. The number of hydrogen-bond acceptors (Lipinski definition) is 5. The molecule has 0 bridgehead atoms. The Morgan fingerprint density at radius 1 is 1.04 bits per heavy atom. The van der Waals surface area contributed by atoms with Crippen LogP contribution in [-0.4, -0.2) is 22.8 Å². The van der Waals surface area contributed by atoms with Crippen molar-refractivity contribution in [2.75, 3.05) is 6.61 Å². The Kier molecular flexibility index (Phi) is 7.26. The highest BCUT2D eigenvalue weighted by atomic mass is 16.5. The van der Waals surface area contributed by atoms with E-state index in [0.717, 1.165) is 25.7 Å². The molecule has 0 unspecified atom stereocenters. The number of aryl methyl sites for hydroxylation is 1. The minimum atomic E-state index is -0.692. The van der Waals surface area contributed by atoms with Gasteiger partial charge in [0.25, 0.3) is 0 Å². The first-order valence-corrected chi connectivity index (χ1v) is 8.45. The van der Waals surface area contributed by atoms with Gasteiger partial charge in [0, 0.05) is 0 Å². The maximum absolute atomic E-state index is 12.0. The number of nitriles is 1. The van der Waals surface area contributed by atoms with Crippen LogP contribution in [0.1, 0.15) is 30.4 Å². The van der Waals surface area contributed by atoms with Crippen LogP contribution in [0, 0.1) is 11.3 Å². The van der Waals surface area contributed by atoms with Crippen LogP contribution in [0.4, 0.5) is 0 Å². The van der Waals surface area contributed by atoms with E-state index in [2.05, 4.69) is 12.1 Å². The largest absolute Gasteiger partial charge is 0.504 e. The van der Waals surface area contributed by atoms with Gasteiger partial charge in [0.15, 0.2) is 11.5 Å². The number of phenols is 2. The van der Waals surface area contributed by atoms with Crippen molar-refractivity contribution in [2.24, 2.45) is 0 Å². The molecule has 0 saturated carbocycles. The first kappa shape index (κ1) is 19.1. The van der Waals surface area contributed by atoms with E-state index in [0.29, 0.717) is 5.56 Å². The number of hydrogen-bond donors (Lipinski definition) is 2. The minimum absolute atomic E-state index is 0.153. The molecule has 5 nitrogen and oxygen atoms in total. The van der Waals surface area contributed by atoms with Crippen molar-refractivity contribution in [3.05, 3.63) is 65.2 Å². The molecule has 0 amide bonds. The number of benzene rings is 2. The van der Waals surface area contributed by atoms with Gasteiger partial charge in [-0.3, -0.25) is 0 Å². The molecule has 2 N–H and O–H groups in total. The Morgan fingerprint density at radius 3 is 2.50 bits per heavy atom. The second-order valence-corrected chi connectivity index (χ2v) is 5.85. The zero-order valence-corrected chi connectivity index (χ0v) is 14.4. The number of aromatic hydroxyl groups is 2. The highest BCUT2D eigenvalue weighted by Gasteiger charge is 2.11. The third-order valence-electron chi connectivity index (χ3n) is 3.84. The summed E-state index contributed by atoms with van der Waals surface area (Å²) in [5.74, 6) is -1.27. The van der Waals surface area contributed by atoms with Crippen LogP contribution >= 0.6 is 0 Å². The van der Waals surface area contributed by atoms with Gasteiger partial charge in [-0.05, 0) is 55.0 Å². The number of unbranched alkanes of at least 4 members (excludes halogenated alkanes) is 2. The van der Waals surface area contributed by atoms with Gasteiger partial charge in [0.2, 0.25) is 0 Å². The summed E-state index contributed by atoms with van der Waals surface area (Å²) in [5.41, 5.74) is 1.56. The van der Waals surface area contributed by atoms with Gasteiger partial charge in [-0.25, -0.2) is 4.79 Å². The zero-order valence-electron chi connectivity index (χ0n) is 14.4. The van der Waals surface area contributed by atoms with Crippen molar-refractivity contribution in [1.82, 2.24) is 0 Å². The summed E-state index contributed by atoms with van der Waals surface area (Å²) in [5, 5.41) is 27.8. The number of nitrogens with zero attached hydrogens (tertiary/aromatic N) is 1. The highest BCUT2D eigenvalue weighted by molar-refractivity contribution is 5.97. The van der Waals surface area contributed by atoms with E-state index < -0.39 is 5.97 Å². The Hall–Kier alpha value is -3.26. The van der Waals surface area contributed by atoms with Crippen molar-refractivity contribution < 1.29 is 19.7 Å². The molecule has 0 aliphatic carbocycles. The summed E-state index contributed by atoms with van der Waals surface area (Å²) >= 11 is 0. The number of phenolic OH excluding ortho intramolecular Hbond substituents is 2. The summed E-state index contributed by atoms with van der Waals surface area (Å²) in [6.07, 6.45) is 4.98. The van der Waals surface area contributed by atoms with Gasteiger partial charge in [0.05, 0.1) is 6.61 Å². The second-order valence-electron chi connectivity index (χ2n) is 5.85. The molecule has 0 radical (unpaired) electrons. The van der Waals surface area contributed by atoms with E-state index in [-0.39, 0.29) is 23.7 Å². The molecule has 2 rings (SSSR count). The molecule has 2 aromatic carbocycles. The van der Waals surface area contributed by atoms with E-state index >= 15 is 0 Å². The lowest BCUT2D eigenvalue weighted by Gasteiger charge is -2.05. The van der Waals surface area contributed by atoms with E-state index in [1.165, 1.54) is 29.8 Å².